The van der Waals surface area contributed by atoms with Crippen molar-refractivity contribution in [3.05, 3.63) is 42.2 Å². The van der Waals surface area contributed by atoms with Crippen LogP contribution in [0.2, 0.25) is 0 Å². The fourth-order valence-electron chi connectivity index (χ4n) is 3.17. The standard InChI is InChI=1S/C17H21FN2O3S/c18-15-6-3-7-16(13-15)24(22,23)20-10-8-19(9-11-20)17(21)12-14-4-1-2-5-14/h1,3-4,6-7,13-14H,2,5,8-12H2. The molecule has 3 rings (SSSR count). The van der Waals surface area contributed by atoms with Gasteiger partial charge in [0.25, 0.3) is 0 Å². The van der Waals surface area contributed by atoms with Crippen molar-refractivity contribution in [2.45, 2.75) is 24.2 Å². The molecule has 1 heterocycles. The van der Waals surface area contributed by atoms with Crippen LogP contribution in [0.5, 0.6) is 0 Å². The number of benzene rings is 1. The lowest BCUT2D eigenvalue weighted by Gasteiger charge is -2.34. The van der Waals surface area contributed by atoms with E-state index in [1.165, 1.54) is 22.5 Å². The summed E-state index contributed by atoms with van der Waals surface area (Å²) in [6.07, 6.45) is 6.72. The summed E-state index contributed by atoms with van der Waals surface area (Å²) >= 11 is 0. The van der Waals surface area contributed by atoms with Crippen LogP contribution in [0.15, 0.2) is 41.3 Å². The Balaban J connectivity index is 1.60. The first kappa shape index (κ1) is 17.1. The minimum Gasteiger partial charge on any atom is -0.340 e. The van der Waals surface area contributed by atoms with Crippen molar-refractivity contribution in [1.82, 2.24) is 9.21 Å². The lowest BCUT2D eigenvalue weighted by Crippen LogP contribution is -2.50. The van der Waals surface area contributed by atoms with Gasteiger partial charge in [-0.3, -0.25) is 4.79 Å². The second kappa shape index (κ2) is 7.03. The van der Waals surface area contributed by atoms with E-state index in [0.29, 0.717) is 25.4 Å². The number of carbonyl (C=O) groups excluding carboxylic acids is 1. The Hall–Kier alpha value is -1.73. The van der Waals surface area contributed by atoms with Crippen LogP contribution in [0.4, 0.5) is 4.39 Å². The molecule has 1 aliphatic carbocycles. The molecule has 5 nitrogen and oxygen atoms in total. The molecule has 24 heavy (non-hydrogen) atoms. The van der Waals surface area contributed by atoms with Gasteiger partial charge in [-0.1, -0.05) is 18.2 Å². The molecule has 1 aromatic carbocycles. The van der Waals surface area contributed by atoms with Gasteiger partial charge < -0.3 is 4.90 Å². The van der Waals surface area contributed by atoms with Gasteiger partial charge in [-0.15, -0.1) is 0 Å². The lowest BCUT2D eigenvalue weighted by atomic mass is 10.0. The SMILES string of the molecule is O=C(CC1C=CCC1)N1CCN(S(=O)(=O)c2cccc(F)c2)CC1. The number of rotatable bonds is 4. The molecule has 130 valence electrons. The van der Waals surface area contributed by atoms with Crippen LogP contribution in [-0.2, 0) is 14.8 Å². The summed E-state index contributed by atoms with van der Waals surface area (Å²) < 4.78 is 39.7. The van der Waals surface area contributed by atoms with E-state index in [9.17, 15) is 17.6 Å². The molecule has 2 aliphatic rings. The van der Waals surface area contributed by atoms with Gasteiger partial charge in [-0.05, 0) is 37.0 Å². The van der Waals surface area contributed by atoms with Crippen molar-refractivity contribution in [3.8, 4) is 0 Å². The maximum atomic E-state index is 13.3. The average molecular weight is 352 g/mol. The fraction of sp³-hybridized carbons (Fsp3) is 0.471. The van der Waals surface area contributed by atoms with Gasteiger partial charge in [0.2, 0.25) is 15.9 Å². The highest BCUT2D eigenvalue weighted by molar-refractivity contribution is 7.89. The van der Waals surface area contributed by atoms with Crippen molar-refractivity contribution in [1.29, 1.82) is 0 Å². The van der Waals surface area contributed by atoms with Crippen LogP contribution in [0.25, 0.3) is 0 Å². The normalized spacial score (nSPS) is 22.0. The summed E-state index contributed by atoms with van der Waals surface area (Å²) in [4.78, 5) is 14.0. The molecule has 1 atom stereocenters. The summed E-state index contributed by atoms with van der Waals surface area (Å²) in [5, 5.41) is 0. The molecular weight excluding hydrogens is 331 g/mol. The first-order valence-electron chi connectivity index (χ1n) is 8.17. The Bertz CT molecular complexity index is 740. The Morgan fingerprint density at radius 2 is 1.96 bits per heavy atom. The summed E-state index contributed by atoms with van der Waals surface area (Å²) in [7, 11) is -3.71. The summed E-state index contributed by atoms with van der Waals surface area (Å²) in [6.45, 7) is 1.24. The maximum absolute atomic E-state index is 13.3. The molecule has 1 aliphatic heterocycles. The molecule has 1 fully saturated rings. The second-order valence-corrected chi connectivity index (χ2v) is 8.15. The highest BCUT2D eigenvalue weighted by Gasteiger charge is 2.30. The first-order chi connectivity index (χ1) is 11.5. The Morgan fingerprint density at radius 1 is 1.21 bits per heavy atom. The highest BCUT2D eigenvalue weighted by atomic mass is 32.2. The van der Waals surface area contributed by atoms with Gasteiger partial charge in [-0.2, -0.15) is 4.31 Å². The lowest BCUT2D eigenvalue weighted by molar-refractivity contribution is -0.133. The molecule has 1 saturated heterocycles. The second-order valence-electron chi connectivity index (χ2n) is 6.21. The minimum atomic E-state index is -3.71. The van der Waals surface area contributed by atoms with Crippen LogP contribution in [0.1, 0.15) is 19.3 Å². The third-order valence-corrected chi connectivity index (χ3v) is 6.47. The van der Waals surface area contributed by atoms with E-state index in [2.05, 4.69) is 12.2 Å². The van der Waals surface area contributed by atoms with Crippen LogP contribution in [0.3, 0.4) is 0 Å². The van der Waals surface area contributed by atoms with Crippen molar-refractivity contribution in [3.63, 3.8) is 0 Å². The number of nitrogens with zero attached hydrogens (tertiary/aromatic N) is 2. The predicted octanol–water partition coefficient (Wildman–Crippen LogP) is 2.01. The molecular formula is C17H21FN2O3S. The minimum absolute atomic E-state index is 0.0432. The molecule has 0 spiro atoms. The van der Waals surface area contributed by atoms with Crippen LogP contribution in [-0.4, -0.2) is 49.7 Å². The molecule has 7 heteroatoms. The van der Waals surface area contributed by atoms with Crippen molar-refractivity contribution < 1.29 is 17.6 Å². The number of amides is 1. The smallest absolute Gasteiger partial charge is 0.243 e. The molecule has 0 radical (unpaired) electrons. The number of hydrogen-bond donors (Lipinski definition) is 0. The van der Waals surface area contributed by atoms with E-state index < -0.39 is 15.8 Å². The molecule has 1 amide bonds. The van der Waals surface area contributed by atoms with Crippen LogP contribution >= 0.6 is 0 Å². The van der Waals surface area contributed by atoms with Gasteiger partial charge >= 0.3 is 0 Å². The van der Waals surface area contributed by atoms with Crippen molar-refractivity contribution in [2.24, 2.45) is 5.92 Å². The summed E-state index contributed by atoms with van der Waals surface area (Å²) in [5.41, 5.74) is 0. The van der Waals surface area contributed by atoms with E-state index in [1.54, 1.807) is 4.90 Å². The molecule has 0 aromatic heterocycles. The van der Waals surface area contributed by atoms with Crippen molar-refractivity contribution in [2.75, 3.05) is 26.2 Å². The van der Waals surface area contributed by atoms with Gasteiger partial charge in [0, 0.05) is 32.6 Å². The molecule has 1 unspecified atom stereocenters. The topological polar surface area (TPSA) is 57.7 Å². The quantitative estimate of drug-likeness (QED) is 0.779. The molecule has 0 bridgehead atoms. The van der Waals surface area contributed by atoms with E-state index in [1.807, 2.05) is 0 Å². The number of hydrogen-bond acceptors (Lipinski definition) is 3. The molecule has 1 aromatic rings. The van der Waals surface area contributed by atoms with Gasteiger partial charge in [0.15, 0.2) is 0 Å². The van der Waals surface area contributed by atoms with E-state index >= 15 is 0 Å². The number of carbonyl (C=O) groups is 1. The highest BCUT2D eigenvalue weighted by Crippen LogP contribution is 2.23. The molecule has 0 N–H and O–H groups in total. The third-order valence-electron chi connectivity index (χ3n) is 4.57. The zero-order chi connectivity index (χ0) is 17.2. The van der Waals surface area contributed by atoms with E-state index in [0.717, 1.165) is 18.9 Å². The maximum Gasteiger partial charge on any atom is 0.243 e. The van der Waals surface area contributed by atoms with Crippen LogP contribution < -0.4 is 0 Å². The monoisotopic (exact) mass is 352 g/mol. The summed E-state index contributed by atoms with van der Waals surface area (Å²) in [5.74, 6) is -0.185. The average Bonchev–Trinajstić information content (AvgIpc) is 3.08. The van der Waals surface area contributed by atoms with E-state index in [-0.39, 0.29) is 23.9 Å². The number of piperazine rings is 1. The number of allylic oxidation sites excluding steroid dienone is 2. The predicted molar refractivity (Wildman–Crippen MR) is 88.2 cm³/mol. The van der Waals surface area contributed by atoms with Crippen LogP contribution in [0, 0.1) is 11.7 Å². The van der Waals surface area contributed by atoms with Gasteiger partial charge in [0.05, 0.1) is 4.90 Å². The Kier molecular flexibility index (Phi) is 5.01. The third kappa shape index (κ3) is 3.67. The Labute approximate surface area is 141 Å². The van der Waals surface area contributed by atoms with Crippen molar-refractivity contribution >= 4 is 15.9 Å². The first-order valence-corrected chi connectivity index (χ1v) is 9.61. The summed E-state index contributed by atoms with van der Waals surface area (Å²) in [6, 6.07) is 5.02. The Morgan fingerprint density at radius 3 is 2.58 bits per heavy atom. The fourth-order valence-corrected chi connectivity index (χ4v) is 4.63. The zero-order valence-electron chi connectivity index (χ0n) is 13.4. The number of sulfonamides is 1. The zero-order valence-corrected chi connectivity index (χ0v) is 14.2. The number of halogens is 1. The largest absolute Gasteiger partial charge is 0.340 e. The molecule has 0 saturated carbocycles. The van der Waals surface area contributed by atoms with Gasteiger partial charge in [-0.25, -0.2) is 12.8 Å². The van der Waals surface area contributed by atoms with Gasteiger partial charge in [0.1, 0.15) is 5.82 Å². The van der Waals surface area contributed by atoms with E-state index in [4.69, 9.17) is 0 Å².